The second-order valence-electron chi connectivity index (χ2n) is 4.53. The van der Waals surface area contributed by atoms with Crippen LogP contribution < -0.4 is 15.4 Å². The molecule has 0 spiro atoms. The third-order valence-corrected chi connectivity index (χ3v) is 2.88. The first-order valence-corrected chi connectivity index (χ1v) is 6.96. The molecule has 0 bridgehead atoms. The van der Waals surface area contributed by atoms with E-state index in [2.05, 4.69) is 10.6 Å². The van der Waals surface area contributed by atoms with Crippen LogP contribution in [0, 0.1) is 0 Å². The molecule has 0 saturated carbocycles. The van der Waals surface area contributed by atoms with Crippen molar-refractivity contribution in [3.8, 4) is 5.75 Å². The molecule has 2 amide bonds. The first-order chi connectivity index (χ1) is 11.2. The van der Waals surface area contributed by atoms with Gasteiger partial charge in [-0.1, -0.05) is 12.1 Å². The van der Waals surface area contributed by atoms with Crippen LogP contribution in [0.2, 0.25) is 0 Å². The van der Waals surface area contributed by atoms with E-state index in [0.717, 1.165) is 0 Å². The van der Waals surface area contributed by atoms with E-state index < -0.39 is 0 Å². The van der Waals surface area contributed by atoms with Crippen LogP contribution in [-0.2, 0) is 4.79 Å². The second kappa shape index (κ2) is 8.38. The van der Waals surface area contributed by atoms with Crippen LogP contribution in [0.4, 0.5) is 0 Å². The van der Waals surface area contributed by atoms with Gasteiger partial charge in [0.1, 0.15) is 5.75 Å². The number of nitrogens with one attached hydrogen (secondary N) is 2. The van der Waals surface area contributed by atoms with E-state index in [1.54, 1.807) is 36.4 Å². The molecule has 7 nitrogen and oxygen atoms in total. The summed E-state index contributed by atoms with van der Waals surface area (Å²) >= 11 is 0. The van der Waals surface area contributed by atoms with Gasteiger partial charge in [0.15, 0.2) is 18.7 Å². The summed E-state index contributed by atoms with van der Waals surface area (Å²) in [6, 6.07) is 9.80. The monoisotopic (exact) mass is 316 g/mol. The van der Waals surface area contributed by atoms with Crippen molar-refractivity contribution < 1.29 is 23.5 Å². The van der Waals surface area contributed by atoms with Crippen LogP contribution in [0.25, 0.3) is 0 Å². The maximum absolute atomic E-state index is 11.6. The number of amides is 2. The predicted octanol–water partition coefficient (Wildman–Crippen LogP) is 1.02. The number of carbonyl (C=O) groups excluding carboxylic acids is 3. The molecular weight excluding hydrogens is 300 g/mol. The Morgan fingerprint density at radius 3 is 2.61 bits per heavy atom. The molecule has 2 N–H and O–H groups in total. The number of aldehydes is 1. The molecule has 0 fully saturated rings. The fourth-order valence-electron chi connectivity index (χ4n) is 1.78. The largest absolute Gasteiger partial charge is 0.483 e. The highest BCUT2D eigenvalue weighted by atomic mass is 16.5. The van der Waals surface area contributed by atoms with Gasteiger partial charge in [0.05, 0.1) is 11.8 Å². The lowest BCUT2D eigenvalue weighted by Gasteiger charge is -2.09. The van der Waals surface area contributed by atoms with Crippen molar-refractivity contribution in [3.05, 3.63) is 54.0 Å². The molecule has 0 aliphatic rings. The van der Waals surface area contributed by atoms with Crippen molar-refractivity contribution in [2.45, 2.75) is 0 Å². The molecular formula is C16H16N2O5. The van der Waals surface area contributed by atoms with Crippen LogP contribution in [0.1, 0.15) is 20.9 Å². The summed E-state index contributed by atoms with van der Waals surface area (Å²) in [5.41, 5.74) is 0.381. The molecule has 120 valence electrons. The summed E-state index contributed by atoms with van der Waals surface area (Å²) in [5, 5.41) is 5.19. The summed E-state index contributed by atoms with van der Waals surface area (Å²) < 4.78 is 10.2. The molecule has 1 aromatic carbocycles. The quantitative estimate of drug-likeness (QED) is 0.560. The third-order valence-electron chi connectivity index (χ3n) is 2.88. The van der Waals surface area contributed by atoms with E-state index in [0.29, 0.717) is 17.6 Å². The van der Waals surface area contributed by atoms with Gasteiger partial charge in [0.25, 0.3) is 11.8 Å². The zero-order valence-electron chi connectivity index (χ0n) is 12.3. The predicted molar refractivity (Wildman–Crippen MR) is 81.4 cm³/mol. The second-order valence-corrected chi connectivity index (χ2v) is 4.53. The average Bonchev–Trinajstić information content (AvgIpc) is 3.11. The van der Waals surface area contributed by atoms with Gasteiger partial charge in [0.2, 0.25) is 0 Å². The molecule has 2 aromatic rings. The van der Waals surface area contributed by atoms with Gasteiger partial charge in [-0.15, -0.1) is 0 Å². The molecule has 1 heterocycles. The highest BCUT2D eigenvalue weighted by Gasteiger charge is 2.08. The minimum Gasteiger partial charge on any atom is -0.483 e. The maximum atomic E-state index is 11.6. The minimum atomic E-state index is -0.349. The molecule has 0 aliphatic carbocycles. The number of hydrogen-bond donors (Lipinski definition) is 2. The summed E-state index contributed by atoms with van der Waals surface area (Å²) in [6.07, 6.45) is 2.07. The van der Waals surface area contributed by atoms with Gasteiger partial charge in [-0.05, 0) is 24.3 Å². The van der Waals surface area contributed by atoms with Crippen molar-refractivity contribution in [2.24, 2.45) is 0 Å². The Hall–Kier alpha value is -3.09. The molecule has 0 aliphatic heterocycles. The molecule has 7 heteroatoms. The van der Waals surface area contributed by atoms with E-state index in [4.69, 9.17) is 9.15 Å². The zero-order valence-corrected chi connectivity index (χ0v) is 12.3. The molecule has 0 radical (unpaired) electrons. The van der Waals surface area contributed by atoms with Gasteiger partial charge in [0, 0.05) is 13.1 Å². The highest BCUT2D eigenvalue weighted by Crippen LogP contribution is 2.15. The van der Waals surface area contributed by atoms with E-state index in [-0.39, 0.29) is 37.3 Å². The number of furan rings is 1. The fourth-order valence-corrected chi connectivity index (χ4v) is 1.78. The Labute approximate surface area is 132 Å². The van der Waals surface area contributed by atoms with Crippen molar-refractivity contribution in [3.63, 3.8) is 0 Å². The van der Waals surface area contributed by atoms with Crippen LogP contribution in [0.15, 0.2) is 47.1 Å². The van der Waals surface area contributed by atoms with Crippen molar-refractivity contribution in [1.29, 1.82) is 0 Å². The number of ether oxygens (including phenoxy) is 1. The van der Waals surface area contributed by atoms with Crippen molar-refractivity contribution in [1.82, 2.24) is 10.6 Å². The molecule has 1 aromatic heterocycles. The van der Waals surface area contributed by atoms with E-state index in [1.807, 2.05) is 0 Å². The third kappa shape index (κ3) is 4.99. The van der Waals surface area contributed by atoms with Gasteiger partial charge < -0.3 is 19.8 Å². The molecule has 0 unspecified atom stereocenters. The summed E-state index contributed by atoms with van der Waals surface area (Å²) in [6.45, 7) is 0.303. The summed E-state index contributed by atoms with van der Waals surface area (Å²) in [5.74, 6) is -0.132. The summed E-state index contributed by atoms with van der Waals surface area (Å²) in [4.78, 5) is 34.0. The number of hydrogen-bond acceptors (Lipinski definition) is 5. The first-order valence-electron chi connectivity index (χ1n) is 6.96. The Morgan fingerprint density at radius 1 is 1.09 bits per heavy atom. The van der Waals surface area contributed by atoms with Crippen LogP contribution in [-0.4, -0.2) is 37.8 Å². The van der Waals surface area contributed by atoms with Crippen molar-refractivity contribution >= 4 is 18.1 Å². The lowest BCUT2D eigenvalue weighted by molar-refractivity contribution is -0.123. The topological polar surface area (TPSA) is 97.6 Å². The van der Waals surface area contributed by atoms with Gasteiger partial charge in [-0.3, -0.25) is 14.4 Å². The lowest BCUT2D eigenvalue weighted by atomic mass is 10.2. The lowest BCUT2D eigenvalue weighted by Crippen LogP contribution is -2.36. The molecule has 0 saturated heterocycles. The van der Waals surface area contributed by atoms with Crippen LogP contribution >= 0.6 is 0 Å². The Kier molecular flexibility index (Phi) is 5.93. The standard InChI is InChI=1S/C16H16N2O5/c19-10-12-4-1-2-5-13(12)23-11-15(20)17-7-8-18-16(21)14-6-3-9-22-14/h1-6,9-10H,7-8,11H2,(H,17,20)(H,18,21). The van der Waals surface area contributed by atoms with Gasteiger partial charge >= 0.3 is 0 Å². The number of carbonyl (C=O) groups is 3. The highest BCUT2D eigenvalue weighted by molar-refractivity contribution is 5.91. The number of para-hydroxylation sites is 1. The smallest absolute Gasteiger partial charge is 0.287 e. The van der Waals surface area contributed by atoms with Gasteiger partial charge in [-0.25, -0.2) is 0 Å². The fraction of sp³-hybridized carbons (Fsp3) is 0.188. The van der Waals surface area contributed by atoms with Crippen molar-refractivity contribution in [2.75, 3.05) is 19.7 Å². The number of rotatable bonds is 8. The number of benzene rings is 1. The normalized spacial score (nSPS) is 9.91. The Balaban J connectivity index is 1.65. The SMILES string of the molecule is O=Cc1ccccc1OCC(=O)NCCNC(=O)c1ccco1. The minimum absolute atomic E-state index is 0.211. The Morgan fingerprint density at radius 2 is 1.87 bits per heavy atom. The van der Waals surface area contributed by atoms with E-state index in [1.165, 1.54) is 6.26 Å². The summed E-state index contributed by atoms with van der Waals surface area (Å²) in [7, 11) is 0. The molecule has 2 rings (SSSR count). The van der Waals surface area contributed by atoms with Crippen LogP contribution in [0.5, 0.6) is 5.75 Å². The molecule has 0 atom stereocenters. The van der Waals surface area contributed by atoms with Gasteiger partial charge in [-0.2, -0.15) is 0 Å². The van der Waals surface area contributed by atoms with E-state index >= 15 is 0 Å². The first kappa shape index (κ1) is 16.3. The van der Waals surface area contributed by atoms with E-state index in [9.17, 15) is 14.4 Å². The average molecular weight is 316 g/mol. The zero-order chi connectivity index (χ0) is 16.5. The molecule has 23 heavy (non-hydrogen) atoms. The maximum Gasteiger partial charge on any atom is 0.287 e. The Bertz CT molecular complexity index is 667. The van der Waals surface area contributed by atoms with Crippen LogP contribution in [0.3, 0.4) is 0 Å².